The summed E-state index contributed by atoms with van der Waals surface area (Å²) >= 11 is 0. The number of carbonyl (C=O) groups excluding carboxylic acids is 2. The van der Waals surface area contributed by atoms with E-state index in [4.69, 9.17) is 5.53 Å². The number of ketones is 2. The van der Waals surface area contributed by atoms with Gasteiger partial charge in [-0.3, -0.25) is 9.59 Å². The molecule has 0 saturated heterocycles. The zero-order valence-corrected chi connectivity index (χ0v) is 12.8. The van der Waals surface area contributed by atoms with E-state index in [-0.39, 0.29) is 18.6 Å². The largest absolute Gasteiger partial charge is 0.400 e. The minimum atomic E-state index is -0.422. The smallest absolute Gasteiger partial charge is 0.360 e. The van der Waals surface area contributed by atoms with Gasteiger partial charge < -0.3 is 5.53 Å². The van der Waals surface area contributed by atoms with E-state index in [0.29, 0.717) is 12.8 Å². The van der Waals surface area contributed by atoms with Crippen molar-refractivity contribution in [2.45, 2.75) is 25.7 Å². The predicted octanol–water partition coefficient (Wildman–Crippen LogP) is 3.06. The first-order chi connectivity index (χ1) is 11.2. The standard InChI is InChI=1S/C19H18N2O2/c20-21-19(17(22)13-11-15-7-3-1-4-8-15)18(23)14-12-16-9-5-2-6-10-16/h1-10H,11-14H2. The van der Waals surface area contributed by atoms with Gasteiger partial charge in [0.1, 0.15) is 0 Å². The number of rotatable bonds is 8. The molecule has 23 heavy (non-hydrogen) atoms. The lowest BCUT2D eigenvalue weighted by Gasteiger charge is -2.00. The van der Waals surface area contributed by atoms with Crippen LogP contribution < -0.4 is 0 Å². The molecule has 0 aliphatic carbocycles. The zero-order valence-electron chi connectivity index (χ0n) is 12.8. The van der Waals surface area contributed by atoms with Crippen LogP contribution >= 0.6 is 0 Å². The maximum atomic E-state index is 12.1. The molecule has 0 spiro atoms. The van der Waals surface area contributed by atoms with E-state index in [1.54, 1.807) is 0 Å². The first kappa shape index (κ1) is 16.5. The summed E-state index contributed by atoms with van der Waals surface area (Å²) in [5, 5.41) is 0. The lowest BCUT2D eigenvalue weighted by atomic mass is 9.99. The minimum absolute atomic E-state index is 0.153. The van der Waals surface area contributed by atoms with Crippen molar-refractivity contribution in [3.63, 3.8) is 0 Å². The maximum Gasteiger partial charge on any atom is 0.400 e. The Morgan fingerprint density at radius 2 is 1.13 bits per heavy atom. The molecular weight excluding hydrogens is 288 g/mol. The molecule has 0 aromatic heterocycles. The highest BCUT2D eigenvalue weighted by atomic mass is 16.1. The molecular formula is C19H18N2O2. The van der Waals surface area contributed by atoms with Crippen LogP contribution in [0.25, 0.3) is 5.53 Å². The predicted molar refractivity (Wildman–Crippen MR) is 88.2 cm³/mol. The normalized spacial score (nSPS) is 9.91. The molecule has 0 saturated carbocycles. The number of nitrogens with zero attached hydrogens (tertiary/aromatic N) is 2. The topological polar surface area (TPSA) is 70.5 Å². The molecule has 0 aliphatic heterocycles. The molecule has 4 heteroatoms. The Balaban J connectivity index is 1.89. The third-order valence-electron chi connectivity index (χ3n) is 3.60. The molecule has 0 heterocycles. The summed E-state index contributed by atoms with van der Waals surface area (Å²) in [7, 11) is 0. The van der Waals surface area contributed by atoms with Crippen molar-refractivity contribution < 1.29 is 14.4 Å². The van der Waals surface area contributed by atoms with Gasteiger partial charge in [0.25, 0.3) is 0 Å². The number of carbonyl (C=O) groups is 2. The average Bonchev–Trinajstić information content (AvgIpc) is 2.60. The first-order valence-corrected chi connectivity index (χ1v) is 7.57. The van der Waals surface area contributed by atoms with E-state index in [0.717, 1.165) is 11.1 Å². The second-order valence-corrected chi connectivity index (χ2v) is 5.27. The number of benzene rings is 2. The molecule has 0 N–H and O–H groups in total. The molecule has 0 bridgehead atoms. The van der Waals surface area contributed by atoms with E-state index >= 15 is 0 Å². The van der Waals surface area contributed by atoms with E-state index in [1.807, 2.05) is 60.7 Å². The Bertz CT molecular complexity index is 660. The highest BCUT2D eigenvalue weighted by Crippen LogP contribution is 2.06. The van der Waals surface area contributed by atoms with Gasteiger partial charge in [-0.25, -0.2) is 0 Å². The lowest BCUT2D eigenvalue weighted by molar-refractivity contribution is -0.124. The van der Waals surface area contributed by atoms with Gasteiger partial charge in [0, 0.05) is 12.8 Å². The van der Waals surface area contributed by atoms with Crippen LogP contribution in [0, 0.1) is 0 Å². The van der Waals surface area contributed by atoms with Crippen LogP contribution in [0.3, 0.4) is 0 Å². The Labute approximate surface area is 135 Å². The SMILES string of the molecule is [N-]=[N+]=C(C(=O)CCc1ccccc1)C(=O)CCc1ccccc1. The van der Waals surface area contributed by atoms with E-state index in [1.165, 1.54) is 0 Å². The van der Waals surface area contributed by atoms with Crippen molar-refractivity contribution in [1.29, 1.82) is 0 Å². The molecule has 2 aromatic rings. The fourth-order valence-corrected chi connectivity index (χ4v) is 2.31. The van der Waals surface area contributed by atoms with Gasteiger partial charge in [0.15, 0.2) is 0 Å². The third kappa shape index (κ3) is 5.13. The fraction of sp³-hybridized carbons (Fsp3) is 0.211. The van der Waals surface area contributed by atoms with Crippen molar-refractivity contribution in [3.8, 4) is 0 Å². The van der Waals surface area contributed by atoms with E-state index < -0.39 is 11.6 Å². The second-order valence-electron chi connectivity index (χ2n) is 5.27. The van der Waals surface area contributed by atoms with Gasteiger partial charge in [-0.05, 0) is 24.0 Å². The molecule has 0 aliphatic rings. The Morgan fingerprint density at radius 1 is 0.739 bits per heavy atom. The summed E-state index contributed by atoms with van der Waals surface area (Å²) in [5.41, 5.74) is 10.7. The summed E-state index contributed by atoms with van der Waals surface area (Å²) in [5.74, 6) is -0.844. The molecule has 116 valence electrons. The summed E-state index contributed by atoms with van der Waals surface area (Å²) in [6, 6.07) is 19.1. The zero-order chi connectivity index (χ0) is 16.5. The number of hydrogen-bond acceptors (Lipinski definition) is 2. The summed E-state index contributed by atoms with van der Waals surface area (Å²) < 4.78 is 0. The van der Waals surface area contributed by atoms with Gasteiger partial charge in [-0.1, -0.05) is 60.7 Å². The van der Waals surface area contributed by atoms with E-state index in [2.05, 4.69) is 4.79 Å². The van der Waals surface area contributed by atoms with Gasteiger partial charge in [0.05, 0.1) is 0 Å². The van der Waals surface area contributed by atoms with Gasteiger partial charge >= 0.3 is 5.71 Å². The van der Waals surface area contributed by atoms with Gasteiger partial charge in [-0.2, -0.15) is 4.79 Å². The lowest BCUT2D eigenvalue weighted by Crippen LogP contribution is -2.26. The van der Waals surface area contributed by atoms with Crippen LogP contribution in [0.4, 0.5) is 0 Å². The minimum Gasteiger partial charge on any atom is -0.360 e. The Morgan fingerprint density at radius 3 is 1.48 bits per heavy atom. The molecule has 0 unspecified atom stereocenters. The molecule has 2 rings (SSSR count). The Hall–Kier alpha value is -2.84. The molecule has 2 aromatic carbocycles. The number of aryl methyl sites for hydroxylation is 2. The molecule has 0 radical (unpaired) electrons. The van der Waals surface area contributed by atoms with Crippen LogP contribution in [0.2, 0.25) is 0 Å². The molecule has 0 fully saturated rings. The quantitative estimate of drug-likeness (QED) is 0.325. The van der Waals surface area contributed by atoms with Crippen molar-refractivity contribution in [2.75, 3.05) is 0 Å². The first-order valence-electron chi connectivity index (χ1n) is 7.57. The maximum absolute atomic E-state index is 12.1. The van der Waals surface area contributed by atoms with Crippen molar-refractivity contribution >= 4 is 17.3 Å². The van der Waals surface area contributed by atoms with Crippen molar-refractivity contribution in [2.24, 2.45) is 0 Å². The van der Waals surface area contributed by atoms with Crippen LogP contribution in [-0.2, 0) is 22.4 Å². The second kappa shape index (κ2) is 8.57. The number of hydrogen-bond donors (Lipinski definition) is 0. The highest BCUT2D eigenvalue weighted by Gasteiger charge is 2.27. The third-order valence-corrected chi connectivity index (χ3v) is 3.60. The van der Waals surface area contributed by atoms with Gasteiger partial charge in [0.2, 0.25) is 11.6 Å². The molecule has 0 amide bonds. The van der Waals surface area contributed by atoms with Crippen molar-refractivity contribution in [3.05, 3.63) is 77.3 Å². The summed E-state index contributed by atoms with van der Waals surface area (Å²) in [6.45, 7) is 0. The molecule has 0 atom stereocenters. The number of Topliss-reactive ketones (excluding diaryl/α,β-unsaturated/α-hetero) is 2. The average molecular weight is 306 g/mol. The van der Waals surface area contributed by atoms with Crippen molar-refractivity contribution in [1.82, 2.24) is 0 Å². The van der Waals surface area contributed by atoms with Crippen LogP contribution in [-0.4, -0.2) is 22.1 Å². The fourth-order valence-electron chi connectivity index (χ4n) is 2.31. The highest BCUT2D eigenvalue weighted by molar-refractivity contribution is 6.64. The Kier molecular flexibility index (Phi) is 6.16. The van der Waals surface area contributed by atoms with Crippen LogP contribution in [0.5, 0.6) is 0 Å². The van der Waals surface area contributed by atoms with Gasteiger partial charge in [-0.15, -0.1) is 0 Å². The summed E-state index contributed by atoms with van der Waals surface area (Å²) in [4.78, 5) is 27.1. The molecule has 4 nitrogen and oxygen atoms in total. The monoisotopic (exact) mass is 306 g/mol. The van der Waals surface area contributed by atoms with Crippen LogP contribution in [0.1, 0.15) is 24.0 Å². The summed E-state index contributed by atoms with van der Waals surface area (Å²) in [6.07, 6.45) is 1.34. The van der Waals surface area contributed by atoms with E-state index in [9.17, 15) is 9.59 Å². The van der Waals surface area contributed by atoms with Crippen LogP contribution in [0.15, 0.2) is 60.7 Å².